The number of aromatic nitrogens is 3. The number of fused-ring (bicyclic) bond motifs is 1. The molecule has 17 heavy (non-hydrogen) atoms. The molecule has 1 heterocycles. The quantitative estimate of drug-likeness (QED) is 0.491. The predicted molar refractivity (Wildman–Crippen MR) is 66.2 cm³/mol. The summed E-state index contributed by atoms with van der Waals surface area (Å²) in [6.07, 6.45) is 0. The molecule has 0 aliphatic carbocycles. The second-order valence-electron chi connectivity index (χ2n) is 5.03. The molecule has 0 amide bonds. The van der Waals surface area contributed by atoms with Crippen molar-refractivity contribution in [2.75, 3.05) is 0 Å². The fourth-order valence-electron chi connectivity index (χ4n) is 1.59. The minimum atomic E-state index is -0.193. The molecule has 5 nitrogen and oxygen atoms in total. The number of rotatable bonds is 2. The Labute approximate surface area is 99.7 Å². The number of nitrogens with zero attached hydrogens (tertiary/aromatic N) is 4. The highest BCUT2D eigenvalue weighted by molar-refractivity contribution is 5.89. The fourth-order valence-corrected chi connectivity index (χ4v) is 1.59. The molecule has 0 saturated heterocycles. The van der Waals surface area contributed by atoms with Gasteiger partial charge in [0.25, 0.3) is 0 Å². The van der Waals surface area contributed by atoms with Crippen LogP contribution in [0.4, 0.5) is 0 Å². The van der Waals surface area contributed by atoms with E-state index in [0.29, 0.717) is 12.3 Å². The van der Waals surface area contributed by atoms with Gasteiger partial charge >= 0.3 is 0 Å². The lowest BCUT2D eigenvalue weighted by Crippen LogP contribution is -2.26. The molecule has 90 valence electrons. The van der Waals surface area contributed by atoms with Gasteiger partial charge in [-0.3, -0.25) is 0 Å². The summed E-state index contributed by atoms with van der Waals surface area (Å²) in [5, 5.41) is 20.6. The Morgan fingerprint density at radius 3 is 2.71 bits per heavy atom. The number of hydrogen-bond donors (Lipinski definition) is 1. The van der Waals surface area contributed by atoms with Crippen molar-refractivity contribution in [3.05, 3.63) is 24.3 Å². The summed E-state index contributed by atoms with van der Waals surface area (Å²) in [5.74, 6) is 0. The molecule has 0 radical (unpaired) electrons. The van der Waals surface area contributed by atoms with E-state index < -0.39 is 0 Å². The van der Waals surface area contributed by atoms with Crippen molar-refractivity contribution in [2.45, 2.75) is 27.3 Å². The van der Waals surface area contributed by atoms with Crippen LogP contribution in [0.3, 0.4) is 0 Å². The average molecular weight is 232 g/mol. The smallest absolute Gasteiger partial charge is 0.113 e. The lowest BCUT2D eigenvalue weighted by atomic mass is 9.90. The zero-order valence-electron chi connectivity index (χ0n) is 10.3. The summed E-state index contributed by atoms with van der Waals surface area (Å²) in [5.41, 5.74) is 2.27. The van der Waals surface area contributed by atoms with Crippen LogP contribution in [0.15, 0.2) is 29.4 Å². The van der Waals surface area contributed by atoms with Crippen LogP contribution in [-0.4, -0.2) is 25.9 Å². The molecular formula is C12H16N4O. The van der Waals surface area contributed by atoms with Gasteiger partial charge in [-0.15, -0.1) is 5.10 Å². The van der Waals surface area contributed by atoms with Crippen molar-refractivity contribution < 1.29 is 5.21 Å². The molecule has 2 aromatic rings. The lowest BCUT2D eigenvalue weighted by Gasteiger charge is -2.19. The van der Waals surface area contributed by atoms with Crippen molar-refractivity contribution in [2.24, 2.45) is 10.6 Å². The molecule has 0 aliphatic rings. The molecular weight excluding hydrogens is 216 g/mol. The average Bonchev–Trinajstić information content (AvgIpc) is 2.67. The summed E-state index contributed by atoms with van der Waals surface area (Å²) < 4.78 is 1.75. The number of oxime groups is 1. The van der Waals surface area contributed by atoms with E-state index in [9.17, 15) is 0 Å². The molecule has 1 N–H and O–H groups in total. The second kappa shape index (κ2) is 4.16. The van der Waals surface area contributed by atoms with Crippen molar-refractivity contribution >= 4 is 16.7 Å². The molecule has 0 bridgehead atoms. The monoisotopic (exact) mass is 232 g/mol. The van der Waals surface area contributed by atoms with Crippen LogP contribution in [0.25, 0.3) is 11.0 Å². The van der Waals surface area contributed by atoms with Crippen molar-refractivity contribution in [1.82, 2.24) is 15.0 Å². The van der Waals surface area contributed by atoms with E-state index >= 15 is 0 Å². The first kappa shape index (κ1) is 11.6. The van der Waals surface area contributed by atoms with E-state index in [1.165, 1.54) is 0 Å². The normalized spacial score (nSPS) is 13.2. The predicted octanol–water partition coefficient (Wildman–Crippen LogP) is 2.31. The van der Waals surface area contributed by atoms with Gasteiger partial charge in [0.2, 0.25) is 0 Å². The highest BCUT2D eigenvalue weighted by Crippen LogP contribution is 2.18. The summed E-state index contributed by atoms with van der Waals surface area (Å²) >= 11 is 0. The minimum absolute atomic E-state index is 0.193. The van der Waals surface area contributed by atoms with Gasteiger partial charge in [-0.1, -0.05) is 43.3 Å². The molecule has 1 aromatic carbocycles. The van der Waals surface area contributed by atoms with Gasteiger partial charge in [0.15, 0.2) is 0 Å². The first-order valence-corrected chi connectivity index (χ1v) is 5.52. The second-order valence-corrected chi connectivity index (χ2v) is 5.03. The molecule has 0 aliphatic heterocycles. The summed E-state index contributed by atoms with van der Waals surface area (Å²) in [6.45, 7) is 6.45. The number of benzene rings is 1. The van der Waals surface area contributed by atoms with Gasteiger partial charge in [-0.25, -0.2) is 4.68 Å². The number of para-hydroxylation sites is 1. The van der Waals surface area contributed by atoms with E-state index in [-0.39, 0.29) is 5.41 Å². The third-order valence-electron chi connectivity index (χ3n) is 2.71. The van der Waals surface area contributed by atoms with Gasteiger partial charge < -0.3 is 5.21 Å². The third-order valence-corrected chi connectivity index (χ3v) is 2.71. The van der Waals surface area contributed by atoms with Gasteiger partial charge in [0, 0.05) is 5.41 Å². The SMILES string of the molecule is CC(C)(C)/C(Cn1nnc2ccccc21)=N\O. The molecule has 0 atom stereocenters. The van der Waals surface area contributed by atoms with Gasteiger partial charge in [0.1, 0.15) is 5.52 Å². The Morgan fingerprint density at radius 1 is 1.35 bits per heavy atom. The molecule has 5 heteroatoms. The highest BCUT2D eigenvalue weighted by Gasteiger charge is 2.21. The molecule has 0 saturated carbocycles. The Bertz CT molecular complexity index is 551. The summed E-state index contributed by atoms with van der Waals surface area (Å²) in [4.78, 5) is 0. The van der Waals surface area contributed by atoms with Gasteiger partial charge in [-0.05, 0) is 12.1 Å². The topological polar surface area (TPSA) is 63.3 Å². The van der Waals surface area contributed by atoms with E-state index in [1.807, 2.05) is 45.0 Å². The fraction of sp³-hybridized carbons (Fsp3) is 0.417. The zero-order valence-corrected chi connectivity index (χ0v) is 10.3. The van der Waals surface area contributed by atoms with Crippen LogP contribution < -0.4 is 0 Å². The zero-order chi connectivity index (χ0) is 12.5. The van der Waals surface area contributed by atoms with Crippen molar-refractivity contribution in [3.8, 4) is 0 Å². The molecule has 2 rings (SSSR count). The first-order chi connectivity index (χ1) is 8.02. The standard InChI is InChI=1S/C12H16N4O/c1-12(2,3)11(14-17)8-16-10-7-5-4-6-9(10)13-15-16/h4-7,17H,8H2,1-3H3/b14-11-. The Morgan fingerprint density at radius 2 is 2.06 bits per heavy atom. The van der Waals surface area contributed by atoms with Crippen LogP contribution in [0.5, 0.6) is 0 Å². The maximum absolute atomic E-state index is 9.06. The Balaban J connectivity index is 2.36. The Hall–Kier alpha value is -1.91. The molecule has 0 fully saturated rings. The van der Waals surface area contributed by atoms with Crippen molar-refractivity contribution in [3.63, 3.8) is 0 Å². The van der Waals surface area contributed by atoms with E-state index in [1.54, 1.807) is 4.68 Å². The minimum Gasteiger partial charge on any atom is -0.411 e. The first-order valence-electron chi connectivity index (χ1n) is 5.52. The third kappa shape index (κ3) is 2.27. The largest absolute Gasteiger partial charge is 0.411 e. The number of hydrogen-bond acceptors (Lipinski definition) is 4. The van der Waals surface area contributed by atoms with Crippen LogP contribution in [0, 0.1) is 5.41 Å². The maximum Gasteiger partial charge on any atom is 0.113 e. The van der Waals surface area contributed by atoms with Gasteiger partial charge in [0.05, 0.1) is 17.8 Å². The highest BCUT2D eigenvalue weighted by atomic mass is 16.4. The van der Waals surface area contributed by atoms with E-state index in [4.69, 9.17) is 5.21 Å². The summed E-state index contributed by atoms with van der Waals surface area (Å²) in [7, 11) is 0. The van der Waals surface area contributed by atoms with E-state index in [0.717, 1.165) is 11.0 Å². The Kier molecular flexibility index (Phi) is 2.83. The van der Waals surface area contributed by atoms with Gasteiger partial charge in [-0.2, -0.15) is 0 Å². The van der Waals surface area contributed by atoms with Crippen LogP contribution in [0.2, 0.25) is 0 Å². The van der Waals surface area contributed by atoms with Crippen LogP contribution >= 0.6 is 0 Å². The maximum atomic E-state index is 9.06. The van der Waals surface area contributed by atoms with Crippen LogP contribution in [-0.2, 0) is 6.54 Å². The van der Waals surface area contributed by atoms with E-state index in [2.05, 4.69) is 15.5 Å². The van der Waals surface area contributed by atoms with Crippen LogP contribution in [0.1, 0.15) is 20.8 Å². The lowest BCUT2D eigenvalue weighted by molar-refractivity contribution is 0.307. The molecule has 0 unspecified atom stereocenters. The molecule has 0 spiro atoms. The van der Waals surface area contributed by atoms with Crippen molar-refractivity contribution in [1.29, 1.82) is 0 Å². The summed E-state index contributed by atoms with van der Waals surface area (Å²) in [6, 6.07) is 7.72. The molecule has 1 aromatic heterocycles.